The molecule has 0 fully saturated rings. The van der Waals surface area contributed by atoms with E-state index in [4.69, 9.17) is 9.81 Å². The predicted molar refractivity (Wildman–Crippen MR) is 28.0 cm³/mol. The molecule has 0 rings (SSSR count). The van der Waals surface area contributed by atoms with Gasteiger partial charge in [0.2, 0.25) is 12.3 Å². The summed E-state index contributed by atoms with van der Waals surface area (Å²) in [5.41, 5.74) is 0. The normalized spacial score (nSPS) is 7.60. The number of esters is 1. The molecule has 10 heavy (non-hydrogen) atoms. The monoisotopic (exact) mass is 163 g/mol. The molecule has 6 nitrogen and oxygen atoms in total. The lowest BCUT2D eigenvalue weighted by Crippen LogP contribution is -2.15. The second kappa shape index (κ2) is 4.60. The number of ether oxygens (including phenoxy) is 1. The Hall–Kier alpha value is -1.26. The van der Waals surface area contributed by atoms with Crippen LogP contribution in [0.3, 0.4) is 0 Å². The van der Waals surface area contributed by atoms with E-state index in [2.05, 4.69) is 8.92 Å². The van der Waals surface area contributed by atoms with Crippen LogP contribution in [-0.4, -0.2) is 16.5 Å². The summed E-state index contributed by atoms with van der Waals surface area (Å²) in [7, 11) is 0. The van der Waals surface area contributed by atoms with Gasteiger partial charge in [-0.15, -0.1) is 5.26 Å². The van der Waals surface area contributed by atoms with Crippen molar-refractivity contribution in [3.63, 3.8) is 0 Å². The Morgan fingerprint density at radius 1 is 1.50 bits per heavy atom. The Morgan fingerprint density at radius 3 is 2.50 bits per heavy atom. The van der Waals surface area contributed by atoms with Crippen molar-refractivity contribution >= 4 is 24.3 Å². The molecule has 54 valence electrons. The summed E-state index contributed by atoms with van der Waals surface area (Å²) in [4.78, 5) is 20.2. The number of carbonyl (C=O) groups excluding carboxylic acids is 2. The lowest BCUT2D eigenvalue weighted by Gasteiger charge is -1.90. The Labute approximate surface area is 59.7 Å². The van der Waals surface area contributed by atoms with Crippen LogP contribution in [0.4, 0.5) is 0 Å². The van der Waals surface area contributed by atoms with Crippen molar-refractivity contribution in [1.82, 2.24) is 0 Å². The summed E-state index contributed by atoms with van der Waals surface area (Å²) in [5.74, 6) is -2.90. The fourth-order valence-corrected chi connectivity index (χ4v) is 0.287. The van der Waals surface area contributed by atoms with Crippen molar-refractivity contribution in [3.8, 4) is 6.26 Å². The van der Waals surface area contributed by atoms with Gasteiger partial charge in [0.15, 0.2) is 0 Å². The van der Waals surface area contributed by atoms with Gasteiger partial charge in [-0.05, 0) is 0 Å². The van der Waals surface area contributed by atoms with E-state index >= 15 is 0 Å². The average Bonchev–Trinajstić information content (AvgIpc) is 1.89. The molecule has 0 heterocycles. The molecule has 0 bridgehead atoms. The lowest BCUT2D eigenvalue weighted by atomic mass is 10.7. The minimum Gasteiger partial charge on any atom is -0.355 e. The van der Waals surface area contributed by atoms with Gasteiger partial charge >= 0.3 is 11.9 Å². The van der Waals surface area contributed by atoms with E-state index in [0.29, 0.717) is 0 Å². The largest absolute Gasteiger partial charge is 0.433 e. The average molecular weight is 163 g/mol. The van der Waals surface area contributed by atoms with Crippen LogP contribution in [0.5, 0.6) is 0 Å². The number of carbonyl (C=O) groups is 2. The fourth-order valence-electron chi connectivity index (χ4n) is 0.151. The molecule has 7 heteroatoms. The lowest BCUT2D eigenvalue weighted by molar-refractivity contribution is -0.157. The molecule has 0 radical (unpaired) electrons. The Morgan fingerprint density at radius 2 is 2.10 bits per heavy atom. The third-order valence-corrected chi connectivity index (χ3v) is 0.644. The fraction of sp³-hybridized carbons (Fsp3) is 0. The number of hydrogen-bond acceptors (Lipinski definition) is 7. The zero-order valence-corrected chi connectivity index (χ0v) is 5.25. The van der Waals surface area contributed by atoms with Crippen LogP contribution in [0.25, 0.3) is 0 Å². The summed E-state index contributed by atoms with van der Waals surface area (Å²) in [6, 6.07) is 0. The van der Waals surface area contributed by atoms with Crippen LogP contribution in [0.2, 0.25) is 0 Å². The van der Waals surface area contributed by atoms with Gasteiger partial charge in [-0.1, -0.05) is 0 Å². The van der Waals surface area contributed by atoms with Crippen molar-refractivity contribution in [1.29, 1.82) is 5.26 Å². The van der Waals surface area contributed by atoms with Gasteiger partial charge in [0, 0.05) is 0 Å². The first-order valence-electron chi connectivity index (χ1n) is 1.84. The van der Waals surface area contributed by atoms with Gasteiger partial charge < -0.3 is 8.92 Å². The molecule has 0 aromatic carbocycles. The van der Waals surface area contributed by atoms with Crippen LogP contribution in [0.1, 0.15) is 0 Å². The summed E-state index contributed by atoms with van der Waals surface area (Å²) < 4.78 is 15.0. The van der Waals surface area contributed by atoms with Crippen LogP contribution in [0, 0.1) is 11.5 Å². The molecule has 0 atom stereocenters. The molecule has 0 aliphatic rings. The second-order valence-corrected chi connectivity index (χ2v) is 1.24. The van der Waals surface area contributed by atoms with Crippen molar-refractivity contribution in [2.24, 2.45) is 0 Å². The SMILES string of the molecule is N#COC(=O)C(=O)OSO. The van der Waals surface area contributed by atoms with E-state index in [9.17, 15) is 9.59 Å². The Balaban J connectivity index is 3.74. The van der Waals surface area contributed by atoms with Crippen LogP contribution in [-0.2, 0) is 18.5 Å². The van der Waals surface area contributed by atoms with E-state index in [0.717, 1.165) is 6.26 Å². The van der Waals surface area contributed by atoms with Crippen LogP contribution >= 0.6 is 12.3 Å². The van der Waals surface area contributed by atoms with Crippen molar-refractivity contribution in [2.75, 3.05) is 0 Å². The predicted octanol–water partition coefficient (Wildman–Crippen LogP) is -0.325. The first-order chi connectivity index (χ1) is 4.72. The topological polar surface area (TPSA) is 96.6 Å². The summed E-state index contributed by atoms with van der Waals surface area (Å²) in [6.45, 7) is 0. The zero-order chi connectivity index (χ0) is 7.98. The van der Waals surface area contributed by atoms with E-state index in [1.54, 1.807) is 0 Å². The van der Waals surface area contributed by atoms with Crippen molar-refractivity contribution in [3.05, 3.63) is 0 Å². The van der Waals surface area contributed by atoms with Crippen molar-refractivity contribution < 1.29 is 23.1 Å². The number of nitriles is 1. The standard InChI is InChI=1S/C3HNO5S/c4-1-8-2(5)3(6)9-10-7/h7H. The number of nitrogens with zero attached hydrogens (tertiary/aromatic N) is 1. The highest BCUT2D eigenvalue weighted by molar-refractivity contribution is 7.89. The maximum atomic E-state index is 10.1. The smallest absolute Gasteiger partial charge is 0.355 e. The summed E-state index contributed by atoms with van der Waals surface area (Å²) >= 11 is -0.296. The van der Waals surface area contributed by atoms with Gasteiger partial charge in [-0.3, -0.25) is 4.55 Å². The molecule has 0 saturated carbocycles. The van der Waals surface area contributed by atoms with E-state index in [1.807, 2.05) is 0 Å². The van der Waals surface area contributed by atoms with Gasteiger partial charge in [-0.25, -0.2) is 9.59 Å². The van der Waals surface area contributed by atoms with E-state index < -0.39 is 11.9 Å². The molecule has 0 amide bonds. The molecular weight excluding hydrogens is 162 g/mol. The Bertz CT molecular complexity index is 184. The highest BCUT2D eigenvalue weighted by Gasteiger charge is 2.17. The van der Waals surface area contributed by atoms with Gasteiger partial charge in [-0.2, -0.15) is 0 Å². The third-order valence-electron chi connectivity index (χ3n) is 0.418. The maximum absolute atomic E-state index is 10.1. The minimum absolute atomic E-state index is 0.296. The molecule has 0 unspecified atom stereocenters. The first-order valence-corrected chi connectivity index (χ1v) is 2.54. The van der Waals surface area contributed by atoms with E-state index in [1.165, 1.54) is 0 Å². The zero-order valence-electron chi connectivity index (χ0n) is 4.44. The number of hydrogen-bond donors (Lipinski definition) is 1. The maximum Gasteiger partial charge on any atom is 0.433 e. The molecule has 0 saturated heterocycles. The molecule has 0 aromatic rings. The molecular formula is C3HNO5S. The third kappa shape index (κ3) is 2.91. The van der Waals surface area contributed by atoms with Gasteiger partial charge in [0.1, 0.15) is 0 Å². The number of rotatable bonds is 1. The molecule has 0 aliphatic heterocycles. The highest BCUT2D eigenvalue weighted by atomic mass is 32.2. The van der Waals surface area contributed by atoms with Gasteiger partial charge in [0.25, 0.3) is 6.26 Å². The first kappa shape index (κ1) is 8.74. The summed E-state index contributed by atoms with van der Waals surface area (Å²) in [6.07, 6.45) is 0.966. The van der Waals surface area contributed by atoms with Crippen LogP contribution in [0.15, 0.2) is 0 Å². The molecule has 0 aromatic heterocycles. The quantitative estimate of drug-likeness (QED) is 0.245. The van der Waals surface area contributed by atoms with Crippen molar-refractivity contribution in [2.45, 2.75) is 0 Å². The summed E-state index contributed by atoms with van der Waals surface area (Å²) in [5, 5.41) is 7.68. The molecule has 1 N–H and O–H groups in total. The highest BCUT2D eigenvalue weighted by Crippen LogP contribution is 1.95. The van der Waals surface area contributed by atoms with Crippen LogP contribution < -0.4 is 0 Å². The van der Waals surface area contributed by atoms with Gasteiger partial charge in [0.05, 0.1) is 0 Å². The van der Waals surface area contributed by atoms with E-state index in [-0.39, 0.29) is 12.3 Å². The molecule has 0 spiro atoms. The minimum atomic E-state index is -1.47. The second-order valence-electron chi connectivity index (χ2n) is 0.926. The Kier molecular flexibility index (Phi) is 4.02. The molecule has 0 aliphatic carbocycles.